The highest BCUT2D eigenvalue weighted by Gasteiger charge is 2.12. The van der Waals surface area contributed by atoms with Crippen LogP contribution in [0.1, 0.15) is 28.8 Å². The lowest BCUT2D eigenvalue weighted by Gasteiger charge is -2.09. The number of nitrogens with zero attached hydrogens (tertiary/aromatic N) is 4. The summed E-state index contributed by atoms with van der Waals surface area (Å²) in [5.74, 6) is 1.07. The van der Waals surface area contributed by atoms with Gasteiger partial charge in [0.05, 0.1) is 17.9 Å². The van der Waals surface area contributed by atoms with Crippen molar-refractivity contribution in [3.63, 3.8) is 0 Å². The Kier molecular flexibility index (Phi) is 4.86. The molecular formula is C14H19N5O2. The van der Waals surface area contributed by atoms with Crippen LogP contribution in [0.4, 0.5) is 5.95 Å². The van der Waals surface area contributed by atoms with Gasteiger partial charge in [-0.15, -0.1) is 0 Å². The first-order chi connectivity index (χ1) is 10.1. The second kappa shape index (κ2) is 6.83. The SMILES string of the molecule is CCOC(=O)c1cnc(NCCn2ccnc2C)nc1C. The number of carbonyl (C=O) groups excluding carboxylic acids is 1. The van der Waals surface area contributed by atoms with E-state index in [2.05, 4.69) is 20.3 Å². The molecule has 0 aliphatic carbocycles. The quantitative estimate of drug-likeness (QED) is 0.813. The van der Waals surface area contributed by atoms with Crippen LogP contribution in [0.5, 0.6) is 0 Å². The molecule has 2 rings (SSSR count). The Morgan fingerprint density at radius 3 is 2.81 bits per heavy atom. The summed E-state index contributed by atoms with van der Waals surface area (Å²) in [5, 5.41) is 3.13. The Bertz CT molecular complexity index is 624. The number of esters is 1. The second-order valence-electron chi connectivity index (χ2n) is 4.51. The van der Waals surface area contributed by atoms with Gasteiger partial charge in [-0.3, -0.25) is 0 Å². The summed E-state index contributed by atoms with van der Waals surface area (Å²) in [4.78, 5) is 24.2. The average molecular weight is 289 g/mol. The van der Waals surface area contributed by atoms with Crippen molar-refractivity contribution in [2.75, 3.05) is 18.5 Å². The van der Waals surface area contributed by atoms with Crippen molar-refractivity contribution in [1.29, 1.82) is 0 Å². The molecule has 0 bridgehead atoms. The van der Waals surface area contributed by atoms with Gasteiger partial charge in [0.25, 0.3) is 0 Å². The average Bonchev–Trinajstić information content (AvgIpc) is 2.85. The van der Waals surface area contributed by atoms with E-state index in [9.17, 15) is 4.79 Å². The van der Waals surface area contributed by atoms with E-state index in [-0.39, 0.29) is 0 Å². The van der Waals surface area contributed by atoms with Crippen molar-refractivity contribution in [3.8, 4) is 0 Å². The third kappa shape index (κ3) is 3.77. The molecule has 0 aliphatic rings. The maximum Gasteiger partial charge on any atom is 0.341 e. The van der Waals surface area contributed by atoms with E-state index in [0.717, 1.165) is 12.4 Å². The largest absolute Gasteiger partial charge is 0.462 e. The van der Waals surface area contributed by atoms with Gasteiger partial charge >= 0.3 is 5.97 Å². The summed E-state index contributed by atoms with van der Waals surface area (Å²) in [6.45, 7) is 7.27. The van der Waals surface area contributed by atoms with Gasteiger partial charge in [-0.2, -0.15) is 0 Å². The maximum absolute atomic E-state index is 11.7. The number of anilines is 1. The monoisotopic (exact) mass is 289 g/mol. The topological polar surface area (TPSA) is 81.9 Å². The predicted octanol–water partition coefficient (Wildman–Crippen LogP) is 1.58. The van der Waals surface area contributed by atoms with Gasteiger partial charge in [-0.25, -0.2) is 19.7 Å². The number of ether oxygens (including phenoxy) is 1. The molecule has 2 aromatic heterocycles. The van der Waals surface area contributed by atoms with Gasteiger partial charge in [-0.1, -0.05) is 0 Å². The van der Waals surface area contributed by atoms with Gasteiger partial charge in [0.1, 0.15) is 5.82 Å². The number of carbonyl (C=O) groups is 1. The molecule has 0 amide bonds. The highest BCUT2D eigenvalue weighted by Crippen LogP contribution is 2.08. The van der Waals surface area contributed by atoms with Crippen LogP contribution in [0, 0.1) is 13.8 Å². The Labute approximate surface area is 123 Å². The fourth-order valence-electron chi connectivity index (χ4n) is 1.89. The summed E-state index contributed by atoms with van der Waals surface area (Å²) in [6.07, 6.45) is 5.18. The molecule has 1 N–H and O–H groups in total. The molecule has 0 aliphatic heterocycles. The molecule has 0 saturated carbocycles. The molecule has 2 aromatic rings. The van der Waals surface area contributed by atoms with Crippen molar-refractivity contribution in [3.05, 3.63) is 35.7 Å². The van der Waals surface area contributed by atoms with Crippen molar-refractivity contribution in [1.82, 2.24) is 19.5 Å². The van der Waals surface area contributed by atoms with Crippen molar-refractivity contribution in [2.45, 2.75) is 27.3 Å². The summed E-state index contributed by atoms with van der Waals surface area (Å²) in [5.41, 5.74) is 0.998. The standard InChI is InChI=1S/C14H19N5O2/c1-4-21-13(20)12-9-17-14(18-10(12)2)16-6-8-19-7-5-15-11(19)3/h5,7,9H,4,6,8H2,1-3H3,(H,16,17,18). The highest BCUT2D eigenvalue weighted by molar-refractivity contribution is 5.90. The minimum atomic E-state index is -0.393. The molecule has 0 atom stereocenters. The van der Waals surface area contributed by atoms with E-state index in [1.54, 1.807) is 20.0 Å². The first-order valence-corrected chi connectivity index (χ1v) is 6.84. The van der Waals surface area contributed by atoms with Crippen LogP contribution in [-0.4, -0.2) is 38.6 Å². The number of hydrogen-bond donors (Lipinski definition) is 1. The molecule has 0 radical (unpaired) electrons. The Balaban J connectivity index is 1.94. The molecule has 21 heavy (non-hydrogen) atoms. The van der Waals surface area contributed by atoms with Crippen LogP contribution >= 0.6 is 0 Å². The van der Waals surface area contributed by atoms with E-state index < -0.39 is 5.97 Å². The van der Waals surface area contributed by atoms with Crippen LogP contribution in [0.15, 0.2) is 18.6 Å². The lowest BCUT2D eigenvalue weighted by atomic mass is 10.2. The first-order valence-electron chi connectivity index (χ1n) is 6.84. The normalized spacial score (nSPS) is 10.4. The van der Waals surface area contributed by atoms with Crippen LogP contribution in [0.2, 0.25) is 0 Å². The molecule has 0 spiro atoms. The fourth-order valence-corrected chi connectivity index (χ4v) is 1.89. The van der Waals surface area contributed by atoms with Gasteiger partial charge in [-0.05, 0) is 20.8 Å². The molecule has 7 heteroatoms. The van der Waals surface area contributed by atoms with Gasteiger partial charge in [0.2, 0.25) is 5.95 Å². The van der Waals surface area contributed by atoms with E-state index in [1.807, 2.05) is 17.7 Å². The third-order valence-corrected chi connectivity index (χ3v) is 3.03. The highest BCUT2D eigenvalue weighted by atomic mass is 16.5. The smallest absolute Gasteiger partial charge is 0.341 e. The number of aromatic nitrogens is 4. The Morgan fingerprint density at radius 1 is 1.38 bits per heavy atom. The lowest BCUT2D eigenvalue weighted by Crippen LogP contribution is -2.15. The zero-order valence-electron chi connectivity index (χ0n) is 12.5. The summed E-state index contributed by atoms with van der Waals surface area (Å²) >= 11 is 0. The first kappa shape index (κ1) is 15.0. The predicted molar refractivity (Wildman–Crippen MR) is 78.2 cm³/mol. The zero-order chi connectivity index (χ0) is 15.2. The zero-order valence-corrected chi connectivity index (χ0v) is 12.5. The fraction of sp³-hybridized carbons (Fsp3) is 0.429. The molecule has 112 valence electrons. The molecular weight excluding hydrogens is 270 g/mol. The van der Waals surface area contributed by atoms with Gasteiger partial charge < -0.3 is 14.6 Å². The van der Waals surface area contributed by atoms with E-state index >= 15 is 0 Å². The van der Waals surface area contributed by atoms with E-state index in [1.165, 1.54) is 6.20 Å². The van der Waals surface area contributed by atoms with Crippen LogP contribution < -0.4 is 5.32 Å². The number of hydrogen-bond acceptors (Lipinski definition) is 6. The summed E-state index contributed by atoms with van der Waals surface area (Å²) in [7, 11) is 0. The lowest BCUT2D eigenvalue weighted by molar-refractivity contribution is 0.0524. The molecule has 0 saturated heterocycles. The van der Waals surface area contributed by atoms with Gasteiger partial charge in [0.15, 0.2) is 0 Å². The Hall–Kier alpha value is -2.44. The third-order valence-electron chi connectivity index (χ3n) is 3.03. The van der Waals surface area contributed by atoms with E-state index in [4.69, 9.17) is 4.74 Å². The van der Waals surface area contributed by atoms with Crippen LogP contribution in [0.25, 0.3) is 0 Å². The van der Waals surface area contributed by atoms with Crippen LogP contribution in [0.3, 0.4) is 0 Å². The number of aryl methyl sites for hydroxylation is 2. The minimum absolute atomic E-state index is 0.336. The van der Waals surface area contributed by atoms with Crippen molar-refractivity contribution < 1.29 is 9.53 Å². The molecule has 0 unspecified atom stereocenters. The molecule has 0 aromatic carbocycles. The number of nitrogens with one attached hydrogen (secondary N) is 1. The van der Waals surface area contributed by atoms with E-state index in [0.29, 0.717) is 30.4 Å². The van der Waals surface area contributed by atoms with Crippen molar-refractivity contribution in [2.24, 2.45) is 0 Å². The molecule has 0 fully saturated rings. The molecule has 7 nitrogen and oxygen atoms in total. The maximum atomic E-state index is 11.7. The Morgan fingerprint density at radius 2 is 2.19 bits per heavy atom. The van der Waals surface area contributed by atoms with Crippen molar-refractivity contribution >= 4 is 11.9 Å². The molecule has 2 heterocycles. The summed E-state index contributed by atoms with van der Waals surface area (Å²) in [6, 6.07) is 0. The second-order valence-corrected chi connectivity index (χ2v) is 4.51. The van der Waals surface area contributed by atoms with Gasteiger partial charge in [0, 0.05) is 31.7 Å². The minimum Gasteiger partial charge on any atom is -0.462 e. The summed E-state index contributed by atoms with van der Waals surface area (Å²) < 4.78 is 6.98. The number of rotatable bonds is 6. The van der Waals surface area contributed by atoms with Crippen LogP contribution in [-0.2, 0) is 11.3 Å². The number of imidazole rings is 1.